The molecule has 0 radical (unpaired) electrons. The van der Waals surface area contributed by atoms with Crippen LogP contribution in [-0.2, 0) is 6.42 Å². The van der Waals surface area contributed by atoms with E-state index in [4.69, 9.17) is 10.6 Å². The van der Waals surface area contributed by atoms with Crippen LogP contribution in [0.3, 0.4) is 0 Å². The average Bonchev–Trinajstić information content (AvgIpc) is 3.10. The summed E-state index contributed by atoms with van der Waals surface area (Å²) >= 11 is 0. The van der Waals surface area contributed by atoms with Crippen LogP contribution in [0.15, 0.2) is 24.3 Å². The minimum atomic E-state index is 0.414. The van der Waals surface area contributed by atoms with Crippen LogP contribution in [0.2, 0.25) is 0 Å². The van der Waals surface area contributed by atoms with Gasteiger partial charge in [-0.15, -0.1) is 0 Å². The smallest absolute Gasteiger partial charge is 0.119 e. The lowest BCUT2D eigenvalue weighted by Crippen LogP contribution is -2.38. The molecule has 0 aromatic heterocycles. The monoisotopic (exact) mass is 206 g/mol. The van der Waals surface area contributed by atoms with E-state index in [0.29, 0.717) is 6.04 Å². The summed E-state index contributed by atoms with van der Waals surface area (Å²) in [5.74, 6) is 7.23. The fourth-order valence-electron chi connectivity index (χ4n) is 1.91. The van der Waals surface area contributed by atoms with Gasteiger partial charge in [-0.1, -0.05) is 12.1 Å². The fourth-order valence-corrected chi connectivity index (χ4v) is 1.91. The van der Waals surface area contributed by atoms with Crippen LogP contribution in [0, 0.1) is 5.92 Å². The van der Waals surface area contributed by atoms with Crippen LogP contribution in [-0.4, -0.2) is 13.2 Å². The third-order valence-electron chi connectivity index (χ3n) is 2.99. The summed E-state index contributed by atoms with van der Waals surface area (Å²) in [6.45, 7) is 0. The second-order valence-electron chi connectivity index (χ2n) is 4.17. The van der Waals surface area contributed by atoms with E-state index in [9.17, 15) is 0 Å². The van der Waals surface area contributed by atoms with Gasteiger partial charge in [-0.3, -0.25) is 11.3 Å². The summed E-state index contributed by atoms with van der Waals surface area (Å²) in [4.78, 5) is 0. The molecular weight excluding hydrogens is 188 g/mol. The maximum Gasteiger partial charge on any atom is 0.119 e. The third-order valence-corrected chi connectivity index (χ3v) is 2.99. The SMILES string of the molecule is COc1cccc(CC(NN)C2CC2)c1. The normalized spacial score (nSPS) is 17.5. The van der Waals surface area contributed by atoms with Gasteiger partial charge in [0.2, 0.25) is 0 Å². The van der Waals surface area contributed by atoms with E-state index in [1.54, 1.807) is 7.11 Å². The Balaban J connectivity index is 2.01. The van der Waals surface area contributed by atoms with Crippen molar-refractivity contribution >= 4 is 0 Å². The standard InChI is InChI=1S/C12H18N2O/c1-15-11-4-2-3-9(7-11)8-12(14-13)10-5-6-10/h2-4,7,10,12,14H,5-6,8,13H2,1H3. The van der Waals surface area contributed by atoms with Gasteiger partial charge < -0.3 is 4.74 Å². The molecule has 0 aliphatic heterocycles. The van der Waals surface area contributed by atoms with Crippen molar-refractivity contribution < 1.29 is 4.74 Å². The molecule has 1 aliphatic carbocycles. The molecule has 1 saturated carbocycles. The van der Waals surface area contributed by atoms with Crippen molar-refractivity contribution in [3.05, 3.63) is 29.8 Å². The quantitative estimate of drug-likeness (QED) is 0.566. The molecule has 1 atom stereocenters. The molecule has 2 rings (SSSR count). The number of benzene rings is 1. The second kappa shape index (κ2) is 4.64. The number of hydrogen-bond acceptors (Lipinski definition) is 3. The van der Waals surface area contributed by atoms with Crippen LogP contribution >= 0.6 is 0 Å². The number of hydrogen-bond donors (Lipinski definition) is 2. The zero-order chi connectivity index (χ0) is 10.7. The van der Waals surface area contributed by atoms with Gasteiger partial charge >= 0.3 is 0 Å². The molecule has 0 spiro atoms. The molecule has 3 heteroatoms. The molecule has 1 fully saturated rings. The van der Waals surface area contributed by atoms with Gasteiger partial charge in [0.1, 0.15) is 5.75 Å². The Labute approximate surface area is 90.6 Å². The number of methoxy groups -OCH3 is 1. The molecule has 3 N–H and O–H groups in total. The largest absolute Gasteiger partial charge is 0.497 e. The minimum absolute atomic E-state index is 0.414. The molecule has 0 heterocycles. The summed E-state index contributed by atoms with van der Waals surface area (Å²) < 4.78 is 5.19. The Hall–Kier alpha value is -1.06. The summed E-state index contributed by atoms with van der Waals surface area (Å²) in [6.07, 6.45) is 3.59. The lowest BCUT2D eigenvalue weighted by molar-refractivity contribution is 0.413. The van der Waals surface area contributed by atoms with Gasteiger partial charge in [-0.05, 0) is 42.9 Å². The lowest BCUT2D eigenvalue weighted by atomic mass is 10.0. The Morgan fingerprint density at radius 2 is 2.33 bits per heavy atom. The summed E-state index contributed by atoms with van der Waals surface area (Å²) in [7, 11) is 1.69. The first-order valence-corrected chi connectivity index (χ1v) is 5.42. The second-order valence-corrected chi connectivity index (χ2v) is 4.17. The maximum atomic E-state index is 5.55. The van der Waals surface area contributed by atoms with Gasteiger partial charge in [0.15, 0.2) is 0 Å². The van der Waals surface area contributed by atoms with E-state index < -0.39 is 0 Å². The highest BCUT2D eigenvalue weighted by atomic mass is 16.5. The van der Waals surface area contributed by atoms with Crippen LogP contribution in [0.1, 0.15) is 18.4 Å². The molecule has 0 saturated heterocycles. The van der Waals surface area contributed by atoms with Crippen molar-refractivity contribution in [2.45, 2.75) is 25.3 Å². The number of ether oxygens (including phenoxy) is 1. The van der Waals surface area contributed by atoms with Crippen molar-refractivity contribution in [1.29, 1.82) is 0 Å². The molecular formula is C12H18N2O. The number of hydrazine groups is 1. The first kappa shape index (κ1) is 10.5. The zero-order valence-corrected chi connectivity index (χ0v) is 9.07. The predicted octanol–water partition coefficient (Wildman–Crippen LogP) is 1.48. The predicted molar refractivity (Wildman–Crippen MR) is 60.5 cm³/mol. The maximum absolute atomic E-state index is 5.55. The first-order chi connectivity index (χ1) is 7.33. The van der Waals surface area contributed by atoms with E-state index in [-0.39, 0.29) is 0 Å². The van der Waals surface area contributed by atoms with Gasteiger partial charge in [0.25, 0.3) is 0 Å². The highest BCUT2D eigenvalue weighted by Gasteiger charge is 2.30. The number of rotatable bonds is 5. The van der Waals surface area contributed by atoms with Crippen LogP contribution in [0.25, 0.3) is 0 Å². The van der Waals surface area contributed by atoms with E-state index >= 15 is 0 Å². The molecule has 1 aromatic rings. The Morgan fingerprint density at radius 3 is 2.93 bits per heavy atom. The van der Waals surface area contributed by atoms with Crippen LogP contribution in [0.4, 0.5) is 0 Å². The van der Waals surface area contributed by atoms with Crippen molar-refractivity contribution in [2.75, 3.05) is 7.11 Å². The van der Waals surface area contributed by atoms with Crippen LogP contribution in [0.5, 0.6) is 5.75 Å². The van der Waals surface area contributed by atoms with E-state index in [0.717, 1.165) is 18.1 Å². The molecule has 1 aliphatic rings. The molecule has 3 nitrogen and oxygen atoms in total. The van der Waals surface area contributed by atoms with Gasteiger partial charge in [-0.2, -0.15) is 0 Å². The van der Waals surface area contributed by atoms with E-state index in [2.05, 4.69) is 17.6 Å². The minimum Gasteiger partial charge on any atom is -0.497 e. The molecule has 1 aromatic carbocycles. The molecule has 0 amide bonds. The van der Waals surface area contributed by atoms with E-state index in [1.807, 2.05) is 12.1 Å². The van der Waals surface area contributed by atoms with Crippen LogP contribution < -0.4 is 16.0 Å². The average molecular weight is 206 g/mol. The summed E-state index contributed by atoms with van der Waals surface area (Å²) in [6, 6.07) is 8.60. The molecule has 15 heavy (non-hydrogen) atoms. The number of nitrogens with one attached hydrogen (secondary N) is 1. The van der Waals surface area contributed by atoms with Crippen molar-refractivity contribution in [2.24, 2.45) is 11.8 Å². The molecule has 0 bridgehead atoms. The Bertz CT molecular complexity index is 323. The Kier molecular flexibility index (Phi) is 3.23. The van der Waals surface area contributed by atoms with Crippen molar-refractivity contribution in [3.63, 3.8) is 0 Å². The summed E-state index contributed by atoms with van der Waals surface area (Å²) in [5, 5.41) is 0. The zero-order valence-electron chi connectivity index (χ0n) is 9.07. The lowest BCUT2D eigenvalue weighted by Gasteiger charge is -2.15. The summed E-state index contributed by atoms with van der Waals surface area (Å²) in [5.41, 5.74) is 4.19. The van der Waals surface area contributed by atoms with Gasteiger partial charge in [0.05, 0.1) is 7.11 Å². The fraction of sp³-hybridized carbons (Fsp3) is 0.500. The first-order valence-electron chi connectivity index (χ1n) is 5.42. The third kappa shape index (κ3) is 2.70. The number of nitrogens with two attached hydrogens (primary N) is 1. The topological polar surface area (TPSA) is 47.3 Å². The van der Waals surface area contributed by atoms with Crippen molar-refractivity contribution in [1.82, 2.24) is 5.43 Å². The van der Waals surface area contributed by atoms with Gasteiger partial charge in [0, 0.05) is 6.04 Å². The molecule has 1 unspecified atom stereocenters. The van der Waals surface area contributed by atoms with Gasteiger partial charge in [-0.25, -0.2) is 0 Å². The van der Waals surface area contributed by atoms with Crippen molar-refractivity contribution in [3.8, 4) is 5.75 Å². The van der Waals surface area contributed by atoms with E-state index in [1.165, 1.54) is 18.4 Å². The highest BCUT2D eigenvalue weighted by Crippen LogP contribution is 2.33. The molecule has 82 valence electrons. The highest BCUT2D eigenvalue weighted by molar-refractivity contribution is 5.29. The Morgan fingerprint density at radius 1 is 1.53 bits per heavy atom.